The zero-order valence-electron chi connectivity index (χ0n) is 13.1. The molecule has 0 aromatic carbocycles. The Balaban J connectivity index is 3.07. The summed E-state index contributed by atoms with van der Waals surface area (Å²) >= 11 is 0. The van der Waals surface area contributed by atoms with Crippen LogP contribution in [0, 0.1) is 15.5 Å². The van der Waals surface area contributed by atoms with Gasteiger partial charge in [0.05, 0.1) is 11.1 Å². The summed E-state index contributed by atoms with van der Waals surface area (Å²) in [6.07, 6.45) is 1.40. The molecular formula is C14H24N4O3. The van der Waals surface area contributed by atoms with E-state index in [9.17, 15) is 14.9 Å². The monoisotopic (exact) mass is 296 g/mol. The van der Waals surface area contributed by atoms with Crippen LogP contribution in [0.3, 0.4) is 0 Å². The van der Waals surface area contributed by atoms with Crippen molar-refractivity contribution < 1.29 is 9.72 Å². The summed E-state index contributed by atoms with van der Waals surface area (Å²) in [7, 11) is 0. The van der Waals surface area contributed by atoms with Crippen molar-refractivity contribution in [3.8, 4) is 0 Å². The largest absolute Gasteiger partial charge is 0.337 e. The molecule has 7 nitrogen and oxygen atoms in total. The molecule has 0 spiro atoms. The Labute approximate surface area is 124 Å². The third-order valence-electron chi connectivity index (χ3n) is 3.49. The van der Waals surface area contributed by atoms with Crippen LogP contribution in [0.1, 0.15) is 38.2 Å². The van der Waals surface area contributed by atoms with Crippen molar-refractivity contribution in [3.63, 3.8) is 0 Å². The molecule has 0 aliphatic rings. The van der Waals surface area contributed by atoms with Crippen LogP contribution >= 0.6 is 0 Å². The number of nitrogens with zero attached hydrogens (tertiary/aromatic N) is 3. The Morgan fingerprint density at radius 3 is 2.52 bits per heavy atom. The lowest BCUT2D eigenvalue weighted by atomic mass is 9.93. The Bertz CT molecular complexity index is 522. The summed E-state index contributed by atoms with van der Waals surface area (Å²) in [5.74, 6) is -0.200. The number of aromatic nitrogens is 1. The number of carbonyl (C=O) groups is 1. The third-order valence-corrected chi connectivity index (χ3v) is 3.49. The van der Waals surface area contributed by atoms with Crippen molar-refractivity contribution in [2.45, 2.75) is 34.2 Å². The van der Waals surface area contributed by atoms with Gasteiger partial charge in [0, 0.05) is 25.7 Å². The van der Waals surface area contributed by atoms with Crippen molar-refractivity contribution in [2.24, 2.45) is 11.1 Å². The quantitative estimate of drug-likeness (QED) is 0.613. The van der Waals surface area contributed by atoms with Gasteiger partial charge in [-0.15, -0.1) is 0 Å². The average molecular weight is 296 g/mol. The van der Waals surface area contributed by atoms with Gasteiger partial charge < -0.3 is 15.2 Å². The fraction of sp³-hybridized carbons (Fsp3) is 0.643. The van der Waals surface area contributed by atoms with Gasteiger partial charge in [0.15, 0.2) is 0 Å². The molecule has 0 radical (unpaired) electrons. The molecule has 0 aliphatic carbocycles. The van der Waals surface area contributed by atoms with Crippen molar-refractivity contribution in [2.75, 3.05) is 19.6 Å². The minimum atomic E-state index is -0.483. The maximum absolute atomic E-state index is 12.6. The van der Waals surface area contributed by atoms with Gasteiger partial charge in [-0.25, -0.2) is 0 Å². The van der Waals surface area contributed by atoms with E-state index in [2.05, 4.69) is 0 Å². The van der Waals surface area contributed by atoms with Crippen molar-refractivity contribution in [1.29, 1.82) is 0 Å². The van der Waals surface area contributed by atoms with Gasteiger partial charge in [-0.3, -0.25) is 14.9 Å². The molecule has 1 heterocycles. The molecule has 0 saturated carbocycles. The molecule has 0 saturated heterocycles. The average Bonchev–Trinajstić information content (AvgIpc) is 2.88. The molecule has 0 unspecified atom stereocenters. The summed E-state index contributed by atoms with van der Waals surface area (Å²) in [4.78, 5) is 24.7. The predicted molar refractivity (Wildman–Crippen MR) is 81.2 cm³/mol. The van der Waals surface area contributed by atoms with Crippen LogP contribution in [0.4, 0.5) is 5.69 Å². The van der Waals surface area contributed by atoms with Crippen LogP contribution in [0.15, 0.2) is 12.3 Å². The number of nitro groups is 1. The van der Waals surface area contributed by atoms with E-state index in [0.29, 0.717) is 31.9 Å². The smallest absolute Gasteiger partial charge is 0.287 e. The molecule has 0 bridgehead atoms. The first-order valence-corrected chi connectivity index (χ1v) is 7.09. The van der Waals surface area contributed by atoms with Gasteiger partial charge in [0.2, 0.25) is 0 Å². The van der Waals surface area contributed by atoms with E-state index in [1.807, 2.05) is 27.7 Å². The van der Waals surface area contributed by atoms with E-state index in [1.54, 1.807) is 9.47 Å². The van der Waals surface area contributed by atoms with Gasteiger partial charge in [-0.2, -0.15) is 0 Å². The van der Waals surface area contributed by atoms with Crippen molar-refractivity contribution in [1.82, 2.24) is 9.47 Å². The Morgan fingerprint density at radius 1 is 1.48 bits per heavy atom. The minimum Gasteiger partial charge on any atom is -0.337 e. The maximum Gasteiger partial charge on any atom is 0.287 e. The SMILES string of the molecule is CCN(CC(C)(C)CN)C(=O)c1cc([N+](=O)[O-])cn1CC. The van der Waals surface area contributed by atoms with Gasteiger partial charge >= 0.3 is 0 Å². The molecule has 0 atom stereocenters. The number of carbonyl (C=O) groups excluding carboxylic acids is 1. The summed E-state index contributed by atoms with van der Waals surface area (Å²) in [5, 5.41) is 10.9. The van der Waals surface area contributed by atoms with Crippen LogP contribution in [-0.2, 0) is 6.54 Å². The Kier molecular flexibility index (Phi) is 5.48. The highest BCUT2D eigenvalue weighted by Gasteiger charge is 2.27. The van der Waals surface area contributed by atoms with Gasteiger partial charge in [0.1, 0.15) is 5.69 Å². The number of amides is 1. The van der Waals surface area contributed by atoms with E-state index in [0.717, 1.165) is 0 Å². The normalized spacial score (nSPS) is 11.5. The molecule has 118 valence electrons. The molecule has 21 heavy (non-hydrogen) atoms. The first-order valence-electron chi connectivity index (χ1n) is 7.09. The fourth-order valence-corrected chi connectivity index (χ4v) is 2.11. The highest BCUT2D eigenvalue weighted by molar-refractivity contribution is 5.93. The number of aryl methyl sites for hydroxylation is 1. The minimum absolute atomic E-state index is 0.0608. The van der Waals surface area contributed by atoms with Crippen LogP contribution in [0.25, 0.3) is 0 Å². The van der Waals surface area contributed by atoms with Gasteiger partial charge in [0.25, 0.3) is 11.6 Å². The van der Waals surface area contributed by atoms with Crippen LogP contribution in [-0.4, -0.2) is 39.9 Å². The second-order valence-corrected chi connectivity index (χ2v) is 5.81. The second kappa shape index (κ2) is 6.71. The van der Waals surface area contributed by atoms with E-state index in [1.165, 1.54) is 12.3 Å². The zero-order valence-corrected chi connectivity index (χ0v) is 13.1. The first-order chi connectivity index (χ1) is 9.75. The van der Waals surface area contributed by atoms with E-state index < -0.39 is 4.92 Å². The first kappa shape index (κ1) is 17.2. The van der Waals surface area contributed by atoms with Crippen LogP contribution in [0.5, 0.6) is 0 Å². The molecular weight excluding hydrogens is 272 g/mol. The molecule has 1 aromatic heterocycles. The molecule has 7 heteroatoms. The lowest BCUT2D eigenvalue weighted by molar-refractivity contribution is -0.384. The molecule has 1 aromatic rings. The number of nitrogens with two attached hydrogens (primary N) is 1. The van der Waals surface area contributed by atoms with E-state index in [4.69, 9.17) is 5.73 Å². The summed E-state index contributed by atoms with van der Waals surface area (Å²) in [6, 6.07) is 1.34. The van der Waals surface area contributed by atoms with Crippen molar-refractivity contribution >= 4 is 11.6 Å². The topological polar surface area (TPSA) is 94.4 Å². The molecule has 1 amide bonds. The molecule has 0 fully saturated rings. The molecule has 1 rings (SSSR count). The highest BCUT2D eigenvalue weighted by Crippen LogP contribution is 2.21. The van der Waals surface area contributed by atoms with Crippen molar-refractivity contribution in [3.05, 3.63) is 28.1 Å². The van der Waals surface area contributed by atoms with Gasteiger partial charge in [-0.05, 0) is 25.8 Å². The number of hydrogen-bond donors (Lipinski definition) is 1. The van der Waals surface area contributed by atoms with E-state index >= 15 is 0 Å². The lowest BCUT2D eigenvalue weighted by Gasteiger charge is -2.31. The Hall–Kier alpha value is -1.89. The summed E-state index contributed by atoms with van der Waals surface area (Å²) in [6.45, 7) is 9.73. The standard InChI is InChI=1S/C14H24N4O3/c1-5-16-8-11(18(20)21)7-12(16)13(19)17(6-2)10-14(3,4)9-15/h7-8H,5-6,9-10,15H2,1-4H3. The molecule has 2 N–H and O–H groups in total. The predicted octanol–water partition coefficient (Wildman–Crippen LogP) is 1.86. The third kappa shape index (κ3) is 4.04. The second-order valence-electron chi connectivity index (χ2n) is 5.81. The summed E-state index contributed by atoms with van der Waals surface area (Å²) < 4.78 is 1.61. The van der Waals surface area contributed by atoms with Gasteiger partial charge in [-0.1, -0.05) is 13.8 Å². The lowest BCUT2D eigenvalue weighted by Crippen LogP contribution is -2.42. The van der Waals surface area contributed by atoms with Crippen LogP contribution < -0.4 is 5.73 Å². The number of hydrogen-bond acceptors (Lipinski definition) is 4. The maximum atomic E-state index is 12.6. The Morgan fingerprint density at radius 2 is 2.10 bits per heavy atom. The molecule has 0 aliphatic heterocycles. The van der Waals surface area contributed by atoms with Crippen LogP contribution in [0.2, 0.25) is 0 Å². The summed E-state index contributed by atoms with van der Waals surface area (Å²) in [5.41, 5.74) is 5.81. The highest BCUT2D eigenvalue weighted by atomic mass is 16.6. The fourth-order valence-electron chi connectivity index (χ4n) is 2.11. The zero-order chi connectivity index (χ0) is 16.2. The number of rotatable bonds is 7. The van der Waals surface area contributed by atoms with E-state index in [-0.39, 0.29) is 17.0 Å².